The number of amides is 3. The Kier molecular flexibility index (Phi) is 15.1. The highest BCUT2D eigenvalue weighted by atomic mass is 16.6. The van der Waals surface area contributed by atoms with Gasteiger partial charge in [0.15, 0.2) is 22.9 Å². The van der Waals surface area contributed by atoms with E-state index in [-0.39, 0.29) is 62.2 Å². The minimum absolute atomic E-state index is 0.0118. The molecule has 4 aromatic heterocycles. The SMILES string of the molecule is Cc1c(C(=O)c2cn(-c3ccc([N+](=O)[O-])cc3)nc2C(=O)Nc2ccccc2)c(C(=O)c2cn(-c3ccc([N+](=O)[O-])cc3)nc2C(=O)Nc2ccccc2)nn1-c1ccc(C(=O)c2cn(-c3ccc([N+](=O)[O-])cc3)nc2C(=O)Nc2ccccc2)cc1. The number of hydrogen-bond acceptors (Lipinski definition) is 16. The van der Waals surface area contributed by atoms with Gasteiger partial charge in [0.05, 0.1) is 65.5 Å². The van der Waals surface area contributed by atoms with Crippen LogP contribution >= 0.6 is 0 Å². The summed E-state index contributed by atoms with van der Waals surface area (Å²) in [6.45, 7) is 1.45. The van der Waals surface area contributed by atoms with Crippen LogP contribution in [-0.4, -0.2) is 89.0 Å². The molecule has 11 aromatic rings. The van der Waals surface area contributed by atoms with Crippen LogP contribution in [0.15, 0.2) is 207 Å². The number of nitrogens with zero attached hydrogens (tertiary/aromatic N) is 11. The van der Waals surface area contributed by atoms with Crippen LogP contribution in [0.3, 0.4) is 0 Å². The lowest BCUT2D eigenvalue weighted by atomic mass is 9.97. The van der Waals surface area contributed by atoms with Crippen molar-refractivity contribution >= 4 is 69.2 Å². The van der Waals surface area contributed by atoms with E-state index in [0.29, 0.717) is 22.7 Å². The van der Waals surface area contributed by atoms with Gasteiger partial charge < -0.3 is 16.0 Å². The number of nitrogens with one attached hydrogen (secondary N) is 3. The number of nitro benzene ring substituents is 3. The molecule has 0 unspecified atom stereocenters. The van der Waals surface area contributed by atoms with Gasteiger partial charge in [-0.05, 0) is 104 Å². The van der Waals surface area contributed by atoms with Crippen molar-refractivity contribution in [1.82, 2.24) is 39.1 Å². The molecule has 26 heteroatoms. The highest BCUT2D eigenvalue weighted by molar-refractivity contribution is 6.24. The van der Waals surface area contributed by atoms with E-state index in [0.717, 1.165) is 9.36 Å². The number of aromatic nitrogens is 8. The number of carbonyl (C=O) groups is 6. The highest BCUT2D eigenvalue weighted by Crippen LogP contribution is 2.30. The Morgan fingerprint density at radius 1 is 0.368 bits per heavy atom. The van der Waals surface area contributed by atoms with Crippen molar-refractivity contribution < 1.29 is 43.5 Å². The maximum atomic E-state index is 15.7. The molecule has 87 heavy (non-hydrogen) atoms. The predicted molar refractivity (Wildman–Crippen MR) is 312 cm³/mol. The van der Waals surface area contributed by atoms with Crippen LogP contribution in [0.2, 0.25) is 0 Å². The Morgan fingerprint density at radius 3 is 1.01 bits per heavy atom. The standard InChI is InChI=1S/C61H40N14O12/c1-36-51(57(77)49-34-70(42-23-29-46(30-24-42)74(84)85)66-53(49)60(80)63-39-13-7-3-8-14-39)55(58(78)50-35-71(43-25-31-47(32-26-43)75(86)87)67-54(50)61(81)64-40-15-9-4-10-16-40)68-72(36)44-19-17-37(18-20-44)56(76)48-33-69(41-21-27-45(28-22-41)73(82)83)65-52(48)59(79)62-38-11-5-2-6-12-38/h2-35H,1H3,(H,62,79)(H,63,80)(H,64,81). The summed E-state index contributed by atoms with van der Waals surface area (Å²) >= 11 is 0. The van der Waals surface area contributed by atoms with Gasteiger partial charge in [-0.1, -0.05) is 54.6 Å². The lowest BCUT2D eigenvalue weighted by molar-refractivity contribution is -0.385. The second-order valence-corrected chi connectivity index (χ2v) is 19.0. The zero-order chi connectivity index (χ0) is 61.0. The van der Waals surface area contributed by atoms with Gasteiger partial charge in [0.25, 0.3) is 34.8 Å². The molecule has 426 valence electrons. The van der Waals surface area contributed by atoms with E-state index in [9.17, 15) is 49.5 Å². The molecule has 0 radical (unpaired) electrons. The molecule has 0 saturated carbocycles. The Balaban J connectivity index is 1.04. The molecule has 7 aromatic carbocycles. The molecule has 0 aliphatic heterocycles. The van der Waals surface area contributed by atoms with E-state index in [1.165, 1.54) is 132 Å². The van der Waals surface area contributed by atoms with Gasteiger partial charge >= 0.3 is 0 Å². The fourth-order valence-electron chi connectivity index (χ4n) is 9.19. The maximum Gasteiger partial charge on any atom is 0.276 e. The van der Waals surface area contributed by atoms with Crippen molar-refractivity contribution in [3.8, 4) is 22.7 Å². The molecule has 0 atom stereocenters. The molecule has 3 N–H and O–H groups in total. The van der Waals surface area contributed by atoms with Crippen molar-refractivity contribution in [2.75, 3.05) is 16.0 Å². The highest BCUT2D eigenvalue weighted by Gasteiger charge is 2.35. The Bertz CT molecular complexity index is 4560. The fourth-order valence-corrected chi connectivity index (χ4v) is 9.19. The molecule has 0 saturated heterocycles. The summed E-state index contributed by atoms with van der Waals surface area (Å²) in [5.41, 5.74) is -1.92. The summed E-state index contributed by atoms with van der Waals surface area (Å²) in [5.74, 6) is -5.20. The first-order valence-corrected chi connectivity index (χ1v) is 26.0. The van der Waals surface area contributed by atoms with Gasteiger partial charge in [-0.15, -0.1) is 0 Å². The summed E-state index contributed by atoms with van der Waals surface area (Å²) < 4.78 is 4.74. The van der Waals surface area contributed by atoms with Gasteiger partial charge in [0, 0.05) is 77.6 Å². The Hall–Kier alpha value is -13.0. The number of benzene rings is 7. The summed E-state index contributed by atoms with van der Waals surface area (Å²) in [4.78, 5) is 121. The number of para-hydroxylation sites is 3. The molecule has 0 bridgehead atoms. The summed E-state index contributed by atoms with van der Waals surface area (Å²) in [6.07, 6.45) is 3.70. The number of anilines is 3. The average molecular weight is 1160 g/mol. The van der Waals surface area contributed by atoms with E-state index in [1.807, 2.05) is 0 Å². The largest absolute Gasteiger partial charge is 0.321 e. The molecule has 4 heterocycles. The van der Waals surface area contributed by atoms with Crippen molar-refractivity contribution in [2.45, 2.75) is 6.92 Å². The van der Waals surface area contributed by atoms with E-state index >= 15 is 9.59 Å². The second-order valence-electron chi connectivity index (χ2n) is 19.0. The zero-order valence-electron chi connectivity index (χ0n) is 44.9. The van der Waals surface area contributed by atoms with Gasteiger partial charge in [-0.25, -0.2) is 18.7 Å². The van der Waals surface area contributed by atoms with Crippen molar-refractivity contribution in [3.63, 3.8) is 0 Å². The van der Waals surface area contributed by atoms with Crippen molar-refractivity contribution in [3.05, 3.63) is 293 Å². The smallest absolute Gasteiger partial charge is 0.276 e. The van der Waals surface area contributed by atoms with Crippen molar-refractivity contribution in [2.24, 2.45) is 0 Å². The number of non-ortho nitro benzene ring substituents is 3. The van der Waals surface area contributed by atoms with Gasteiger partial charge in [0.2, 0.25) is 11.6 Å². The van der Waals surface area contributed by atoms with E-state index in [4.69, 9.17) is 5.10 Å². The molecule has 0 aliphatic rings. The van der Waals surface area contributed by atoms with Gasteiger partial charge in [-0.2, -0.15) is 20.4 Å². The number of rotatable bonds is 19. The van der Waals surface area contributed by atoms with Crippen LogP contribution in [0.5, 0.6) is 0 Å². The number of hydrogen-bond donors (Lipinski definition) is 3. The van der Waals surface area contributed by atoms with Crippen LogP contribution < -0.4 is 16.0 Å². The molecule has 26 nitrogen and oxygen atoms in total. The molecule has 3 amide bonds. The van der Waals surface area contributed by atoms with Crippen molar-refractivity contribution in [1.29, 1.82) is 0 Å². The quantitative estimate of drug-likeness (QED) is 0.0385. The molecule has 0 spiro atoms. The van der Waals surface area contributed by atoms with Crippen LogP contribution in [0.4, 0.5) is 34.1 Å². The topological polar surface area (TPSA) is 339 Å². The first kappa shape index (κ1) is 55.9. The molecular weight excluding hydrogens is 1120 g/mol. The van der Waals surface area contributed by atoms with Gasteiger partial charge in [0.1, 0.15) is 5.69 Å². The number of carbonyl (C=O) groups excluding carboxylic acids is 6. The second kappa shape index (κ2) is 23.5. The fraction of sp³-hybridized carbons (Fsp3) is 0.0164. The number of ketones is 3. The normalized spacial score (nSPS) is 10.9. The van der Waals surface area contributed by atoms with Crippen LogP contribution in [0.1, 0.15) is 85.1 Å². The van der Waals surface area contributed by atoms with E-state index < -0.39 is 78.0 Å². The lowest BCUT2D eigenvalue weighted by Gasteiger charge is -2.08. The van der Waals surface area contributed by atoms with Crippen LogP contribution in [0.25, 0.3) is 22.7 Å². The Morgan fingerprint density at radius 2 is 0.678 bits per heavy atom. The van der Waals surface area contributed by atoms with Crippen LogP contribution in [-0.2, 0) is 0 Å². The third-order valence-corrected chi connectivity index (χ3v) is 13.5. The first-order chi connectivity index (χ1) is 42.0. The van der Waals surface area contributed by atoms with E-state index in [1.54, 1.807) is 91.0 Å². The third-order valence-electron chi connectivity index (χ3n) is 13.5. The zero-order valence-corrected chi connectivity index (χ0v) is 44.9. The molecule has 0 fully saturated rings. The number of nitro groups is 3. The molecular formula is C61H40N14O12. The predicted octanol–water partition coefficient (Wildman–Crippen LogP) is 9.91. The van der Waals surface area contributed by atoms with Gasteiger partial charge in [-0.3, -0.25) is 59.1 Å². The average Bonchev–Trinajstić information content (AvgIpc) is 3.57. The first-order valence-electron chi connectivity index (χ1n) is 26.0. The third kappa shape index (κ3) is 11.5. The summed E-state index contributed by atoms with van der Waals surface area (Å²) in [6, 6.07) is 46.0. The summed E-state index contributed by atoms with van der Waals surface area (Å²) in [7, 11) is 0. The minimum atomic E-state index is -1.04. The molecule has 11 rings (SSSR count). The summed E-state index contributed by atoms with van der Waals surface area (Å²) in [5, 5.41) is 60.9. The lowest BCUT2D eigenvalue weighted by Crippen LogP contribution is -2.19. The maximum absolute atomic E-state index is 15.7. The van der Waals surface area contributed by atoms with Crippen LogP contribution in [0, 0.1) is 37.3 Å². The van der Waals surface area contributed by atoms with E-state index in [2.05, 4.69) is 31.2 Å². The molecule has 0 aliphatic carbocycles. The Labute approximate surface area is 489 Å². The monoisotopic (exact) mass is 1160 g/mol. The minimum Gasteiger partial charge on any atom is -0.321 e.